The molecule has 0 aliphatic heterocycles. The highest BCUT2D eigenvalue weighted by Crippen LogP contribution is 2.28. The third kappa shape index (κ3) is 8.05. The molecular formula is C22H34O4. The molecule has 4 nitrogen and oxygen atoms in total. The Labute approximate surface area is 158 Å². The molecule has 1 aromatic rings. The Morgan fingerprint density at radius 3 is 2.38 bits per heavy atom. The van der Waals surface area contributed by atoms with Gasteiger partial charge in [-0.15, -0.1) is 0 Å². The first-order valence-electron chi connectivity index (χ1n) is 9.72. The van der Waals surface area contributed by atoms with Gasteiger partial charge in [-0.25, -0.2) is 4.79 Å². The maximum Gasteiger partial charge on any atom is 0.331 e. The average Bonchev–Trinajstić information content (AvgIpc) is 2.67. The molecule has 0 radical (unpaired) electrons. The van der Waals surface area contributed by atoms with Crippen LogP contribution in [0.3, 0.4) is 0 Å². The molecule has 1 aromatic carbocycles. The van der Waals surface area contributed by atoms with Crippen LogP contribution < -0.4 is 4.74 Å². The summed E-state index contributed by atoms with van der Waals surface area (Å²) in [5.74, 6) is 0.497. The number of methoxy groups -OCH3 is 1. The number of benzene rings is 1. The van der Waals surface area contributed by atoms with Crippen LogP contribution in [0.15, 0.2) is 30.3 Å². The molecule has 1 unspecified atom stereocenters. The van der Waals surface area contributed by atoms with E-state index in [1.807, 2.05) is 31.2 Å². The lowest BCUT2D eigenvalue weighted by molar-refractivity contribution is -0.157. The lowest BCUT2D eigenvalue weighted by Crippen LogP contribution is -2.35. The van der Waals surface area contributed by atoms with Gasteiger partial charge in [0.25, 0.3) is 0 Å². The summed E-state index contributed by atoms with van der Waals surface area (Å²) in [4.78, 5) is 12.4. The molecule has 0 fully saturated rings. The van der Waals surface area contributed by atoms with Gasteiger partial charge in [0.2, 0.25) is 0 Å². The van der Waals surface area contributed by atoms with Crippen LogP contribution in [-0.2, 0) is 14.3 Å². The van der Waals surface area contributed by atoms with E-state index in [9.17, 15) is 4.79 Å². The maximum absolute atomic E-state index is 12.4. The van der Waals surface area contributed by atoms with E-state index in [4.69, 9.17) is 14.2 Å². The normalized spacial score (nSPS) is 13.5. The molecule has 0 saturated heterocycles. The van der Waals surface area contributed by atoms with Crippen molar-refractivity contribution in [2.45, 2.75) is 64.9 Å². The number of ether oxygens (including phenoxy) is 3. The summed E-state index contributed by atoms with van der Waals surface area (Å²) in [5, 5.41) is 0. The van der Waals surface area contributed by atoms with Gasteiger partial charge in [0, 0.05) is 19.1 Å². The average molecular weight is 363 g/mol. The maximum atomic E-state index is 12.4. The molecule has 0 N–H and O–H groups in total. The lowest BCUT2D eigenvalue weighted by atomic mass is 9.90. The van der Waals surface area contributed by atoms with Crippen molar-refractivity contribution in [3.05, 3.63) is 35.9 Å². The number of hydrogen-bond acceptors (Lipinski definition) is 4. The smallest absolute Gasteiger partial charge is 0.331 e. The number of rotatable bonds is 13. The number of unbranched alkanes of at least 4 members (excludes halogenated alkanes) is 2. The summed E-state index contributed by atoms with van der Waals surface area (Å²) >= 11 is 0. The third-order valence-electron chi connectivity index (χ3n) is 4.63. The SMILES string of the molecule is CCCCCC(CC)(CCOCC)OC(=O)C=Cc1ccc(OC)cc1. The van der Waals surface area contributed by atoms with E-state index in [0.29, 0.717) is 13.2 Å². The van der Waals surface area contributed by atoms with E-state index in [-0.39, 0.29) is 5.97 Å². The van der Waals surface area contributed by atoms with Crippen LogP contribution in [0.2, 0.25) is 0 Å². The Kier molecular flexibility index (Phi) is 10.7. The predicted octanol–water partition coefficient (Wildman–Crippen LogP) is 5.41. The Morgan fingerprint density at radius 2 is 1.81 bits per heavy atom. The topological polar surface area (TPSA) is 44.8 Å². The van der Waals surface area contributed by atoms with E-state index in [2.05, 4.69) is 13.8 Å². The van der Waals surface area contributed by atoms with Gasteiger partial charge in [0.15, 0.2) is 0 Å². The number of hydrogen-bond donors (Lipinski definition) is 0. The molecule has 26 heavy (non-hydrogen) atoms. The molecule has 0 saturated carbocycles. The fourth-order valence-electron chi connectivity index (χ4n) is 2.88. The molecule has 0 aliphatic carbocycles. The molecular weight excluding hydrogens is 328 g/mol. The highest BCUT2D eigenvalue weighted by molar-refractivity contribution is 5.87. The Morgan fingerprint density at radius 1 is 1.08 bits per heavy atom. The van der Waals surface area contributed by atoms with Crippen LogP contribution in [0.1, 0.15) is 64.9 Å². The van der Waals surface area contributed by atoms with Crippen molar-refractivity contribution in [3.63, 3.8) is 0 Å². The minimum Gasteiger partial charge on any atom is -0.497 e. The monoisotopic (exact) mass is 362 g/mol. The van der Waals surface area contributed by atoms with Crippen LogP contribution in [0.25, 0.3) is 6.08 Å². The highest BCUT2D eigenvalue weighted by atomic mass is 16.6. The molecule has 0 amide bonds. The Bertz CT molecular complexity index is 524. The molecule has 0 aromatic heterocycles. The van der Waals surface area contributed by atoms with Gasteiger partial charge in [-0.3, -0.25) is 0 Å². The van der Waals surface area contributed by atoms with Gasteiger partial charge in [-0.2, -0.15) is 0 Å². The number of carbonyl (C=O) groups is 1. The highest BCUT2D eigenvalue weighted by Gasteiger charge is 2.31. The van der Waals surface area contributed by atoms with E-state index in [0.717, 1.165) is 49.8 Å². The van der Waals surface area contributed by atoms with E-state index < -0.39 is 5.60 Å². The summed E-state index contributed by atoms with van der Waals surface area (Å²) in [6, 6.07) is 7.56. The van der Waals surface area contributed by atoms with Gasteiger partial charge >= 0.3 is 5.97 Å². The molecule has 4 heteroatoms. The van der Waals surface area contributed by atoms with Crippen molar-refractivity contribution in [2.75, 3.05) is 20.3 Å². The summed E-state index contributed by atoms with van der Waals surface area (Å²) < 4.78 is 16.6. The fourth-order valence-corrected chi connectivity index (χ4v) is 2.88. The van der Waals surface area contributed by atoms with Crippen LogP contribution in [0.4, 0.5) is 0 Å². The number of esters is 1. The molecule has 146 valence electrons. The van der Waals surface area contributed by atoms with Crippen LogP contribution in [0.5, 0.6) is 5.75 Å². The number of carbonyl (C=O) groups excluding carboxylic acids is 1. The zero-order valence-electron chi connectivity index (χ0n) is 16.8. The molecule has 1 atom stereocenters. The van der Waals surface area contributed by atoms with Crippen molar-refractivity contribution >= 4 is 12.0 Å². The van der Waals surface area contributed by atoms with Crippen molar-refractivity contribution in [1.29, 1.82) is 0 Å². The summed E-state index contributed by atoms with van der Waals surface area (Å²) in [5.41, 5.74) is 0.497. The van der Waals surface area contributed by atoms with Crippen molar-refractivity contribution in [3.8, 4) is 5.75 Å². The minimum absolute atomic E-state index is 0.296. The molecule has 0 heterocycles. The summed E-state index contributed by atoms with van der Waals surface area (Å²) in [6.45, 7) is 7.54. The van der Waals surface area contributed by atoms with E-state index >= 15 is 0 Å². The van der Waals surface area contributed by atoms with Gasteiger partial charge in [-0.1, -0.05) is 38.8 Å². The first kappa shape index (κ1) is 22.2. The van der Waals surface area contributed by atoms with Gasteiger partial charge in [-0.05, 0) is 50.0 Å². The van der Waals surface area contributed by atoms with Gasteiger partial charge in [0.1, 0.15) is 11.4 Å². The quantitative estimate of drug-likeness (QED) is 0.267. The summed E-state index contributed by atoms with van der Waals surface area (Å²) in [6.07, 6.45) is 9.06. The largest absolute Gasteiger partial charge is 0.497 e. The second-order valence-electron chi connectivity index (χ2n) is 6.47. The van der Waals surface area contributed by atoms with Crippen molar-refractivity contribution in [1.82, 2.24) is 0 Å². The molecule has 0 aliphatic rings. The first-order valence-corrected chi connectivity index (χ1v) is 9.72. The minimum atomic E-state index is -0.439. The second-order valence-corrected chi connectivity index (χ2v) is 6.47. The zero-order chi connectivity index (χ0) is 19.3. The fraction of sp³-hybridized carbons (Fsp3) is 0.591. The van der Waals surface area contributed by atoms with E-state index in [1.165, 1.54) is 6.08 Å². The Balaban J connectivity index is 2.72. The summed E-state index contributed by atoms with van der Waals surface area (Å²) in [7, 11) is 1.63. The van der Waals surface area contributed by atoms with Crippen molar-refractivity contribution < 1.29 is 19.0 Å². The van der Waals surface area contributed by atoms with Gasteiger partial charge < -0.3 is 14.2 Å². The van der Waals surface area contributed by atoms with Crippen molar-refractivity contribution in [2.24, 2.45) is 0 Å². The Hall–Kier alpha value is -1.81. The first-order chi connectivity index (χ1) is 12.6. The van der Waals surface area contributed by atoms with Gasteiger partial charge in [0.05, 0.1) is 13.7 Å². The van der Waals surface area contributed by atoms with E-state index in [1.54, 1.807) is 13.2 Å². The lowest BCUT2D eigenvalue weighted by Gasteiger charge is -2.32. The second kappa shape index (κ2) is 12.5. The molecule has 1 rings (SSSR count). The third-order valence-corrected chi connectivity index (χ3v) is 4.63. The molecule has 0 bridgehead atoms. The van der Waals surface area contributed by atoms with Crippen LogP contribution >= 0.6 is 0 Å². The standard InChI is InChI=1S/C22H34O4/c1-5-8-9-16-22(6-2,17-18-25-7-3)26-21(23)15-12-19-10-13-20(24-4)14-11-19/h10-15H,5-9,16-18H2,1-4H3. The molecule has 0 spiro atoms. The van der Waals surface area contributed by atoms with Crippen LogP contribution in [0, 0.1) is 0 Å². The van der Waals surface area contributed by atoms with Crippen LogP contribution in [-0.4, -0.2) is 31.9 Å². The predicted molar refractivity (Wildman–Crippen MR) is 106 cm³/mol. The zero-order valence-corrected chi connectivity index (χ0v) is 16.8.